The lowest BCUT2D eigenvalue weighted by Crippen LogP contribution is -2.14. The van der Waals surface area contributed by atoms with Gasteiger partial charge in [0, 0.05) is 28.7 Å². The molecule has 1 amide bonds. The summed E-state index contributed by atoms with van der Waals surface area (Å²) in [4.78, 5) is 29.4. The van der Waals surface area contributed by atoms with Gasteiger partial charge in [-0.15, -0.1) is 0 Å². The van der Waals surface area contributed by atoms with Gasteiger partial charge in [0.05, 0.1) is 18.5 Å². The fourth-order valence-electron chi connectivity index (χ4n) is 4.10. The molecule has 0 saturated carbocycles. The fraction of sp³-hybridized carbons (Fsp3) is 0.179. The minimum absolute atomic E-state index is 0.138. The number of ether oxygens (including phenoxy) is 2. The zero-order valence-electron chi connectivity index (χ0n) is 21.5. The van der Waals surface area contributed by atoms with Crippen molar-refractivity contribution in [3.63, 3.8) is 0 Å². The summed E-state index contributed by atoms with van der Waals surface area (Å²) in [5.74, 6) is -0.182. The quantitative estimate of drug-likeness (QED) is 0.263. The first-order chi connectivity index (χ1) is 18.8. The van der Waals surface area contributed by atoms with Gasteiger partial charge in [-0.2, -0.15) is 10.2 Å². The standard InChI is InChI=1S/C28H25ClN6O4/c1-4-38-28(37)22-15-31-35-24(8-10-30-26(22)35)19-6-5-7-20(14-19)32-27(36)23-9-11-34(33-23)16-39-21-12-17(2)25(29)18(3)13-21/h5-15H,4,16H2,1-3H3,(H,32,36). The van der Waals surface area contributed by atoms with Gasteiger partial charge in [-0.05, 0) is 68.3 Å². The van der Waals surface area contributed by atoms with Crippen LogP contribution < -0.4 is 10.1 Å². The number of fused-ring (bicyclic) bond motifs is 1. The molecule has 39 heavy (non-hydrogen) atoms. The first kappa shape index (κ1) is 25.9. The highest BCUT2D eigenvalue weighted by molar-refractivity contribution is 6.32. The SMILES string of the molecule is CCOC(=O)c1cnn2c(-c3cccc(NC(=O)c4ccn(COc5cc(C)c(Cl)c(C)c5)n4)c3)ccnc12. The molecule has 5 rings (SSSR count). The fourth-order valence-corrected chi connectivity index (χ4v) is 4.21. The summed E-state index contributed by atoms with van der Waals surface area (Å²) in [5, 5.41) is 12.2. The van der Waals surface area contributed by atoms with E-state index in [1.807, 2.05) is 44.2 Å². The molecule has 1 N–H and O–H groups in total. The number of amides is 1. The van der Waals surface area contributed by atoms with E-state index in [9.17, 15) is 9.59 Å². The van der Waals surface area contributed by atoms with Crippen LogP contribution in [-0.4, -0.2) is 42.9 Å². The van der Waals surface area contributed by atoms with Crippen LogP contribution in [0.5, 0.6) is 5.75 Å². The summed E-state index contributed by atoms with van der Waals surface area (Å²) < 4.78 is 14.0. The van der Waals surface area contributed by atoms with Gasteiger partial charge in [-0.3, -0.25) is 4.79 Å². The normalized spacial score (nSPS) is 11.0. The third kappa shape index (κ3) is 5.46. The maximum Gasteiger partial charge on any atom is 0.343 e. The summed E-state index contributed by atoms with van der Waals surface area (Å²) in [6, 6.07) is 14.4. The topological polar surface area (TPSA) is 113 Å². The van der Waals surface area contributed by atoms with E-state index >= 15 is 0 Å². The maximum atomic E-state index is 12.9. The number of anilines is 1. The van der Waals surface area contributed by atoms with Crippen LogP contribution >= 0.6 is 11.6 Å². The Morgan fingerprint density at radius 3 is 2.64 bits per heavy atom. The molecule has 0 fully saturated rings. The first-order valence-electron chi connectivity index (χ1n) is 12.2. The van der Waals surface area contributed by atoms with E-state index in [-0.39, 0.29) is 30.5 Å². The molecule has 5 aromatic rings. The molecule has 3 heterocycles. The Morgan fingerprint density at radius 2 is 1.87 bits per heavy atom. The van der Waals surface area contributed by atoms with E-state index in [0.717, 1.165) is 16.7 Å². The number of hydrogen-bond donors (Lipinski definition) is 1. The van der Waals surface area contributed by atoms with Crippen LogP contribution in [0.2, 0.25) is 5.02 Å². The summed E-state index contributed by atoms with van der Waals surface area (Å²) in [6.45, 7) is 5.97. The second kappa shape index (κ2) is 11.0. The third-order valence-electron chi connectivity index (χ3n) is 5.96. The molecule has 0 aliphatic carbocycles. The van der Waals surface area contributed by atoms with E-state index in [0.29, 0.717) is 27.8 Å². The molecule has 0 spiro atoms. The van der Waals surface area contributed by atoms with Crippen molar-refractivity contribution < 1.29 is 19.1 Å². The highest BCUT2D eigenvalue weighted by Gasteiger charge is 2.18. The van der Waals surface area contributed by atoms with Gasteiger partial charge in [0.1, 0.15) is 11.3 Å². The number of nitrogens with zero attached hydrogens (tertiary/aromatic N) is 5. The molecule has 10 nitrogen and oxygen atoms in total. The Balaban J connectivity index is 1.30. The Bertz CT molecular complexity index is 1670. The second-order valence-corrected chi connectivity index (χ2v) is 9.14. The first-order valence-corrected chi connectivity index (χ1v) is 12.6. The minimum Gasteiger partial charge on any atom is -0.471 e. The van der Waals surface area contributed by atoms with Crippen LogP contribution in [0.25, 0.3) is 16.9 Å². The monoisotopic (exact) mass is 544 g/mol. The molecule has 11 heteroatoms. The Labute approximate surface area is 229 Å². The smallest absolute Gasteiger partial charge is 0.343 e. The number of halogens is 1. The summed E-state index contributed by atoms with van der Waals surface area (Å²) in [5.41, 5.74) is 4.79. The summed E-state index contributed by atoms with van der Waals surface area (Å²) >= 11 is 6.22. The molecule has 2 aromatic carbocycles. The van der Waals surface area contributed by atoms with E-state index in [2.05, 4.69) is 20.5 Å². The van der Waals surface area contributed by atoms with Crippen molar-refractivity contribution in [2.75, 3.05) is 11.9 Å². The third-order valence-corrected chi connectivity index (χ3v) is 6.56. The highest BCUT2D eigenvalue weighted by Crippen LogP contribution is 2.26. The van der Waals surface area contributed by atoms with Crippen molar-refractivity contribution in [1.82, 2.24) is 24.4 Å². The van der Waals surface area contributed by atoms with Crippen LogP contribution in [0.4, 0.5) is 5.69 Å². The maximum absolute atomic E-state index is 12.9. The number of aromatic nitrogens is 5. The average molecular weight is 545 g/mol. The van der Waals surface area contributed by atoms with Crippen molar-refractivity contribution in [3.05, 3.63) is 94.5 Å². The summed E-state index contributed by atoms with van der Waals surface area (Å²) in [6.07, 6.45) is 4.71. The number of hydrogen-bond acceptors (Lipinski definition) is 7. The number of benzene rings is 2. The Hall–Kier alpha value is -4.70. The van der Waals surface area contributed by atoms with Gasteiger partial charge < -0.3 is 14.8 Å². The van der Waals surface area contributed by atoms with Gasteiger partial charge in [0.2, 0.25) is 0 Å². The average Bonchev–Trinajstić information content (AvgIpc) is 3.58. The molecule has 0 unspecified atom stereocenters. The van der Waals surface area contributed by atoms with Crippen molar-refractivity contribution in [2.24, 2.45) is 0 Å². The van der Waals surface area contributed by atoms with Crippen LogP contribution in [-0.2, 0) is 11.5 Å². The molecule has 0 atom stereocenters. The molecule has 0 aliphatic rings. The lowest BCUT2D eigenvalue weighted by Gasteiger charge is -2.10. The van der Waals surface area contributed by atoms with Gasteiger partial charge in [-0.25, -0.2) is 19.0 Å². The van der Waals surface area contributed by atoms with Crippen molar-refractivity contribution >= 4 is 34.8 Å². The van der Waals surface area contributed by atoms with Crippen molar-refractivity contribution in [1.29, 1.82) is 0 Å². The molecule has 3 aromatic heterocycles. The van der Waals surface area contributed by atoms with E-state index in [1.165, 1.54) is 10.9 Å². The minimum atomic E-state index is -0.485. The number of rotatable bonds is 8. The number of esters is 1. The molecular formula is C28H25ClN6O4. The molecule has 0 bridgehead atoms. The highest BCUT2D eigenvalue weighted by atomic mass is 35.5. The zero-order chi connectivity index (χ0) is 27.5. The lowest BCUT2D eigenvalue weighted by molar-refractivity contribution is 0.0528. The largest absolute Gasteiger partial charge is 0.471 e. The van der Waals surface area contributed by atoms with E-state index in [4.69, 9.17) is 21.1 Å². The van der Waals surface area contributed by atoms with Crippen LogP contribution in [0, 0.1) is 13.8 Å². The van der Waals surface area contributed by atoms with Gasteiger partial charge in [0.15, 0.2) is 18.1 Å². The van der Waals surface area contributed by atoms with E-state index in [1.54, 1.807) is 42.0 Å². The number of carbonyl (C=O) groups excluding carboxylic acids is 2. The Kier molecular flexibility index (Phi) is 7.29. The van der Waals surface area contributed by atoms with Crippen LogP contribution in [0.1, 0.15) is 38.9 Å². The van der Waals surface area contributed by atoms with Gasteiger partial charge in [-0.1, -0.05) is 23.7 Å². The van der Waals surface area contributed by atoms with Crippen LogP contribution in [0.3, 0.4) is 0 Å². The molecule has 0 saturated heterocycles. The predicted molar refractivity (Wildman–Crippen MR) is 146 cm³/mol. The van der Waals surface area contributed by atoms with Gasteiger partial charge >= 0.3 is 5.97 Å². The number of nitrogens with one attached hydrogen (secondary N) is 1. The molecular weight excluding hydrogens is 520 g/mol. The van der Waals surface area contributed by atoms with Crippen LogP contribution in [0.15, 0.2) is 67.1 Å². The van der Waals surface area contributed by atoms with Crippen molar-refractivity contribution in [3.8, 4) is 17.0 Å². The second-order valence-electron chi connectivity index (χ2n) is 8.76. The number of carbonyl (C=O) groups is 2. The molecule has 198 valence electrons. The molecule has 0 radical (unpaired) electrons. The van der Waals surface area contributed by atoms with Crippen molar-refractivity contribution in [2.45, 2.75) is 27.5 Å². The zero-order valence-corrected chi connectivity index (χ0v) is 22.3. The summed E-state index contributed by atoms with van der Waals surface area (Å²) in [7, 11) is 0. The lowest BCUT2D eigenvalue weighted by atomic mass is 10.1. The number of aryl methyl sites for hydroxylation is 2. The predicted octanol–water partition coefficient (Wildman–Crippen LogP) is 5.33. The van der Waals surface area contributed by atoms with Gasteiger partial charge in [0.25, 0.3) is 5.91 Å². The van der Waals surface area contributed by atoms with E-state index < -0.39 is 5.97 Å². The molecule has 0 aliphatic heterocycles. The Morgan fingerprint density at radius 1 is 1.08 bits per heavy atom.